The van der Waals surface area contributed by atoms with Crippen molar-refractivity contribution < 1.29 is 14.3 Å². The molecule has 0 saturated heterocycles. The van der Waals surface area contributed by atoms with Gasteiger partial charge in [-0.15, -0.1) is 10.2 Å². The van der Waals surface area contributed by atoms with Gasteiger partial charge in [-0.25, -0.2) is 4.79 Å². The standard InChI is InChI=1S/C11H9ClN2O3S/c1-6-13-14-11(17-6)18-5-8-3-2-7(10(15)16)4-9(8)12/h2-4H,5H2,1H3,(H,15,16). The van der Waals surface area contributed by atoms with Crippen LogP contribution in [0.4, 0.5) is 0 Å². The molecule has 18 heavy (non-hydrogen) atoms. The van der Waals surface area contributed by atoms with E-state index < -0.39 is 5.97 Å². The molecule has 1 N–H and O–H groups in total. The van der Waals surface area contributed by atoms with E-state index in [2.05, 4.69) is 10.2 Å². The number of halogens is 1. The third-order valence-corrected chi connectivity index (χ3v) is 3.38. The normalized spacial score (nSPS) is 10.6. The molecular weight excluding hydrogens is 276 g/mol. The third-order valence-electron chi connectivity index (χ3n) is 2.16. The summed E-state index contributed by atoms with van der Waals surface area (Å²) >= 11 is 7.35. The zero-order valence-corrected chi connectivity index (χ0v) is 11.0. The summed E-state index contributed by atoms with van der Waals surface area (Å²) in [6.07, 6.45) is 0. The molecular formula is C11H9ClN2O3S. The van der Waals surface area contributed by atoms with Crippen molar-refractivity contribution in [1.82, 2.24) is 10.2 Å². The van der Waals surface area contributed by atoms with Gasteiger partial charge in [0.05, 0.1) is 5.56 Å². The summed E-state index contributed by atoms with van der Waals surface area (Å²) in [6, 6.07) is 4.63. The molecule has 5 nitrogen and oxygen atoms in total. The predicted octanol–water partition coefficient (Wildman–Crippen LogP) is 3.02. The number of hydrogen-bond donors (Lipinski definition) is 1. The number of carboxylic acids is 1. The number of rotatable bonds is 4. The molecule has 1 heterocycles. The van der Waals surface area contributed by atoms with E-state index in [4.69, 9.17) is 21.1 Å². The molecule has 0 aliphatic rings. The molecule has 0 amide bonds. The summed E-state index contributed by atoms with van der Waals surface area (Å²) in [5.41, 5.74) is 0.991. The lowest BCUT2D eigenvalue weighted by molar-refractivity contribution is 0.0697. The van der Waals surface area contributed by atoms with Gasteiger partial charge in [0.1, 0.15) is 0 Å². The number of nitrogens with zero attached hydrogens (tertiary/aromatic N) is 2. The first-order valence-electron chi connectivity index (χ1n) is 5.01. The third kappa shape index (κ3) is 3.02. The second-order valence-electron chi connectivity index (χ2n) is 3.49. The number of thioether (sulfide) groups is 1. The number of carbonyl (C=O) groups is 1. The minimum atomic E-state index is -0.997. The molecule has 2 aromatic rings. The van der Waals surface area contributed by atoms with Gasteiger partial charge in [-0.1, -0.05) is 29.4 Å². The first kappa shape index (κ1) is 12.9. The van der Waals surface area contributed by atoms with Crippen LogP contribution in [0, 0.1) is 6.92 Å². The van der Waals surface area contributed by atoms with Gasteiger partial charge in [0.15, 0.2) is 0 Å². The molecule has 0 saturated carbocycles. The monoisotopic (exact) mass is 284 g/mol. The Morgan fingerprint density at radius 2 is 2.28 bits per heavy atom. The molecule has 0 unspecified atom stereocenters. The van der Waals surface area contributed by atoms with Crippen molar-refractivity contribution in [2.45, 2.75) is 17.9 Å². The summed E-state index contributed by atoms with van der Waals surface area (Å²) in [5, 5.41) is 17.2. The highest BCUT2D eigenvalue weighted by atomic mass is 35.5. The minimum Gasteiger partial charge on any atom is -0.478 e. The van der Waals surface area contributed by atoms with Crippen molar-refractivity contribution in [1.29, 1.82) is 0 Å². The maximum atomic E-state index is 10.7. The van der Waals surface area contributed by atoms with Gasteiger partial charge in [-0.3, -0.25) is 0 Å². The van der Waals surface area contributed by atoms with E-state index >= 15 is 0 Å². The Labute approximate surface area is 112 Å². The van der Waals surface area contributed by atoms with Gasteiger partial charge in [-0.05, 0) is 17.7 Å². The van der Waals surface area contributed by atoms with Gasteiger partial charge < -0.3 is 9.52 Å². The van der Waals surface area contributed by atoms with Crippen molar-refractivity contribution >= 4 is 29.3 Å². The zero-order valence-electron chi connectivity index (χ0n) is 9.38. The number of aromatic carboxylic acids is 1. The maximum Gasteiger partial charge on any atom is 0.335 e. The molecule has 94 valence electrons. The predicted molar refractivity (Wildman–Crippen MR) is 67.0 cm³/mol. The fourth-order valence-corrected chi connectivity index (χ4v) is 2.41. The topological polar surface area (TPSA) is 76.2 Å². The number of hydrogen-bond acceptors (Lipinski definition) is 5. The molecule has 0 atom stereocenters. The van der Waals surface area contributed by atoms with Gasteiger partial charge in [0.2, 0.25) is 5.89 Å². The molecule has 0 aliphatic heterocycles. The summed E-state index contributed by atoms with van der Waals surface area (Å²) in [7, 11) is 0. The fourth-order valence-electron chi connectivity index (χ4n) is 1.27. The summed E-state index contributed by atoms with van der Waals surface area (Å²) < 4.78 is 5.21. The molecule has 2 rings (SSSR count). The Balaban J connectivity index is 2.08. The van der Waals surface area contributed by atoms with Crippen LogP contribution in [-0.2, 0) is 5.75 Å². The highest BCUT2D eigenvalue weighted by molar-refractivity contribution is 7.98. The Morgan fingerprint density at radius 3 is 2.83 bits per heavy atom. The fraction of sp³-hybridized carbons (Fsp3) is 0.182. The highest BCUT2D eigenvalue weighted by Crippen LogP contribution is 2.26. The lowest BCUT2D eigenvalue weighted by Crippen LogP contribution is -1.96. The number of aromatic nitrogens is 2. The van der Waals surface area contributed by atoms with Crippen LogP contribution in [-0.4, -0.2) is 21.3 Å². The molecule has 0 spiro atoms. The van der Waals surface area contributed by atoms with Crippen molar-refractivity contribution in [3.63, 3.8) is 0 Å². The zero-order chi connectivity index (χ0) is 13.1. The van der Waals surface area contributed by atoms with Crippen LogP contribution in [0.2, 0.25) is 5.02 Å². The Bertz CT molecular complexity index is 585. The van der Waals surface area contributed by atoms with Crippen LogP contribution in [0.3, 0.4) is 0 Å². The average Bonchev–Trinajstić information content (AvgIpc) is 2.73. The number of aryl methyl sites for hydroxylation is 1. The summed E-state index contributed by atoms with van der Waals surface area (Å²) in [5.74, 6) is 0.0499. The van der Waals surface area contributed by atoms with Gasteiger partial charge >= 0.3 is 5.97 Å². The van der Waals surface area contributed by atoms with E-state index in [1.54, 1.807) is 13.0 Å². The second kappa shape index (κ2) is 5.41. The van der Waals surface area contributed by atoms with E-state index in [-0.39, 0.29) is 5.56 Å². The van der Waals surface area contributed by atoms with Gasteiger partial charge in [0, 0.05) is 17.7 Å². The molecule has 7 heteroatoms. The Hall–Kier alpha value is -1.53. The largest absolute Gasteiger partial charge is 0.478 e. The van der Waals surface area contributed by atoms with Gasteiger partial charge in [0.25, 0.3) is 5.22 Å². The van der Waals surface area contributed by atoms with Crippen molar-refractivity contribution in [2.75, 3.05) is 0 Å². The number of benzene rings is 1. The molecule has 1 aromatic carbocycles. The molecule has 1 aromatic heterocycles. The minimum absolute atomic E-state index is 0.169. The van der Waals surface area contributed by atoms with Crippen LogP contribution >= 0.6 is 23.4 Å². The van der Waals surface area contributed by atoms with Crippen LogP contribution in [0.25, 0.3) is 0 Å². The van der Waals surface area contributed by atoms with E-state index in [1.165, 1.54) is 23.9 Å². The van der Waals surface area contributed by atoms with E-state index in [1.807, 2.05) is 0 Å². The Kier molecular flexibility index (Phi) is 3.88. The van der Waals surface area contributed by atoms with Crippen LogP contribution < -0.4 is 0 Å². The first-order chi connectivity index (χ1) is 8.56. The van der Waals surface area contributed by atoms with Crippen LogP contribution in [0.5, 0.6) is 0 Å². The average molecular weight is 285 g/mol. The molecule has 0 radical (unpaired) electrons. The SMILES string of the molecule is Cc1nnc(SCc2ccc(C(=O)O)cc2Cl)o1. The van der Waals surface area contributed by atoms with Crippen LogP contribution in [0.1, 0.15) is 21.8 Å². The maximum absolute atomic E-state index is 10.7. The smallest absolute Gasteiger partial charge is 0.335 e. The summed E-state index contributed by atoms with van der Waals surface area (Å²) in [4.78, 5) is 10.7. The van der Waals surface area contributed by atoms with Gasteiger partial charge in [-0.2, -0.15) is 0 Å². The highest BCUT2D eigenvalue weighted by Gasteiger charge is 2.09. The Morgan fingerprint density at radius 1 is 1.50 bits per heavy atom. The number of carboxylic acid groups (broad SMARTS) is 1. The summed E-state index contributed by atoms with van der Waals surface area (Å²) in [6.45, 7) is 1.71. The lowest BCUT2D eigenvalue weighted by atomic mass is 10.1. The molecule has 0 fully saturated rings. The van der Waals surface area contributed by atoms with Crippen LogP contribution in [0.15, 0.2) is 27.8 Å². The van der Waals surface area contributed by atoms with Crippen molar-refractivity contribution in [3.8, 4) is 0 Å². The lowest BCUT2D eigenvalue weighted by Gasteiger charge is -2.03. The molecule has 0 bridgehead atoms. The van der Waals surface area contributed by atoms with E-state index in [9.17, 15) is 4.79 Å². The first-order valence-corrected chi connectivity index (χ1v) is 6.37. The quantitative estimate of drug-likeness (QED) is 0.870. The molecule has 0 aliphatic carbocycles. The van der Waals surface area contributed by atoms with E-state index in [0.717, 1.165) is 5.56 Å². The van der Waals surface area contributed by atoms with E-state index in [0.29, 0.717) is 21.9 Å². The van der Waals surface area contributed by atoms with Crippen molar-refractivity contribution in [3.05, 3.63) is 40.2 Å². The van der Waals surface area contributed by atoms with Crippen molar-refractivity contribution in [2.24, 2.45) is 0 Å². The second-order valence-corrected chi connectivity index (χ2v) is 4.82.